The molecule has 1 aromatic heterocycles. The van der Waals surface area contributed by atoms with Gasteiger partial charge in [0.1, 0.15) is 5.75 Å². The van der Waals surface area contributed by atoms with Crippen LogP contribution in [-0.4, -0.2) is 91.0 Å². The second kappa shape index (κ2) is 15.9. The maximum atomic E-state index is 13.1. The Morgan fingerprint density at radius 2 is 1.62 bits per heavy atom. The zero-order valence-electron chi connectivity index (χ0n) is 26.2. The molecule has 2 N–H and O–H groups in total. The van der Waals surface area contributed by atoms with Crippen molar-refractivity contribution in [3.05, 3.63) is 89.7 Å². The number of ether oxygens (including phenoxy) is 3. The van der Waals surface area contributed by atoms with Gasteiger partial charge < -0.3 is 24.8 Å². The van der Waals surface area contributed by atoms with Crippen molar-refractivity contribution in [3.63, 3.8) is 0 Å². The summed E-state index contributed by atoms with van der Waals surface area (Å²) >= 11 is 1.14. The Balaban J connectivity index is 1.27. The number of anilines is 1. The molecule has 0 bridgehead atoms. The van der Waals surface area contributed by atoms with E-state index in [2.05, 4.69) is 20.8 Å². The van der Waals surface area contributed by atoms with Crippen molar-refractivity contribution in [1.82, 2.24) is 24.4 Å². The van der Waals surface area contributed by atoms with Crippen LogP contribution in [0.5, 0.6) is 5.75 Å². The van der Waals surface area contributed by atoms with Gasteiger partial charge in [-0.05, 0) is 67.6 Å². The number of aromatic nitrogens is 3. The van der Waals surface area contributed by atoms with Gasteiger partial charge in [-0.2, -0.15) is 4.31 Å². The number of nitrogens with one attached hydrogen (secondary N) is 2. The van der Waals surface area contributed by atoms with E-state index in [-0.39, 0.29) is 48.4 Å². The van der Waals surface area contributed by atoms with Gasteiger partial charge in [0, 0.05) is 24.3 Å². The molecule has 0 saturated carbocycles. The highest BCUT2D eigenvalue weighted by atomic mass is 32.2. The lowest BCUT2D eigenvalue weighted by Gasteiger charge is -2.26. The Morgan fingerprint density at radius 3 is 2.31 bits per heavy atom. The van der Waals surface area contributed by atoms with Crippen molar-refractivity contribution in [3.8, 4) is 11.4 Å². The average Bonchev–Trinajstić information content (AvgIpc) is 3.53. The Kier molecular flexibility index (Phi) is 11.4. The number of para-hydroxylation sites is 2. The van der Waals surface area contributed by atoms with Crippen molar-refractivity contribution >= 4 is 45.3 Å². The van der Waals surface area contributed by atoms with Crippen LogP contribution in [-0.2, 0) is 30.8 Å². The Labute approximate surface area is 281 Å². The van der Waals surface area contributed by atoms with Crippen molar-refractivity contribution < 1.29 is 37.0 Å². The number of sulfonamides is 1. The molecule has 0 unspecified atom stereocenters. The lowest BCUT2D eigenvalue weighted by Crippen LogP contribution is -2.40. The lowest BCUT2D eigenvalue weighted by atomic mass is 10.2. The van der Waals surface area contributed by atoms with E-state index in [4.69, 9.17) is 14.2 Å². The van der Waals surface area contributed by atoms with Gasteiger partial charge in [0.25, 0.3) is 5.91 Å². The van der Waals surface area contributed by atoms with Crippen LogP contribution in [0.1, 0.15) is 33.5 Å². The van der Waals surface area contributed by atoms with E-state index in [0.717, 1.165) is 11.8 Å². The zero-order chi connectivity index (χ0) is 34.1. The molecule has 1 aliphatic rings. The van der Waals surface area contributed by atoms with E-state index in [1.807, 2.05) is 12.1 Å². The third kappa shape index (κ3) is 8.20. The maximum Gasteiger partial charge on any atom is 0.338 e. The number of carbonyl (C=O) groups excluding carboxylic acids is 3. The van der Waals surface area contributed by atoms with Gasteiger partial charge in [0.15, 0.2) is 11.0 Å². The molecule has 1 fully saturated rings. The molecule has 2 heterocycles. The van der Waals surface area contributed by atoms with Gasteiger partial charge in [-0.3, -0.25) is 14.2 Å². The summed E-state index contributed by atoms with van der Waals surface area (Å²) in [4.78, 5) is 37.9. The van der Waals surface area contributed by atoms with Crippen LogP contribution in [0.2, 0.25) is 0 Å². The molecule has 2 amide bonds. The first-order valence-corrected chi connectivity index (χ1v) is 17.4. The fourth-order valence-electron chi connectivity index (χ4n) is 4.77. The first-order chi connectivity index (χ1) is 23.2. The third-order valence-electron chi connectivity index (χ3n) is 7.17. The number of rotatable bonds is 13. The Bertz CT molecular complexity index is 1860. The normalized spacial score (nSPS) is 13.5. The van der Waals surface area contributed by atoms with Gasteiger partial charge in [-0.15, -0.1) is 10.2 Å². The summed E-state index contributed by atoms with van der Waals surface area (Å²) in [6.45, 7) is 3.17. The summed E-state index contributed by atoms with van der Waals surface area (Å²) < 4.78 is 44.7. The number of esters is 1. The molecule has 252 valence electrons. The van der Waals surface area contributed by atoms with E-state index in [9.17, 15) is 22.8 Å². The molecular weight excluding hydrogens is 661 g/mol. The van der Waals surface area contributed by atoms with Gasteiger partial charge in [0.05, 0.1) is 55.4 Å². The van der Waals surface area contributed by atoms with Crippen LogP contribution < -0.4 is 15.4 Å². The van der Waals surface area contributed by atoms with Gasteiger partial charge in [-0.25, -0.2) is 13.2 Å². The molecule has 16 heteroatoms. The minimum Gasteiger partial charge on any atom is -0.495 e. The molecule has 4 aromatic rings. The summed E-state index contributed by atoms with van der Waals surface area (Å²) in [6.07, 6.45) is 0. The standard InChI is InChI=1S/C32H34N6O8S2/c1-3-46-31(41)23-8-12-24(13-9-23)34-29(39)21-47-32-36-35-28(38(32)26-6-4-5-7-27(26)44-2)20-33-30(40)22-10-14-25(15-11-22)48(42,43)37-16-18-45-19-17-37/h4-15H,3,16-21H2,1-2H3,(H,33,40)(H,34,39). The minimum absolute atomic E-state index is 0.0149. The molecule has 0 aliphatic carbocycles. The smallest absolute Gasteiger partial charge is 0.338 e. The fourth-order valence-corrected chi connectivity index (χ4v) is 6.94. The van der Waals surface area contributed by atoms with E-state index >= 15 is 0 Å². The highest BCUT2D eigenvalue weighted by Gasteiger charge is 2.26. The first kappa shape index (κ1) is 34.6. The van der Waals surface area contributed by atoms with Crippen molar-refractivity contribution in [2.75, 3.05) is 51.1 Å². The number of hydrogen-bond donors (Lipinski definition) is 2. The number of thioether (sulfide) groups is 1. The first-order valence-electron chi connectivity index (χ1n) is 14.9. The number of carbonyl (C=O) groups is 3. The molecule has 0 atom stereocenters. The minimum atomic E-state index is -3.70. The predicted molar refractivity (Wildman–Crippen MR) is 177 cm³/mol. The number of nitrogens with zero attached hydrogens (tertiary/aromatic N) is 4. The molecule has 14 nitrogen and oxygen atoms in total. The number of morpholine rings is 1. The molecule has 3 aromatic carbocycles. The number of methoxy groups -OCH3 is 1. The van der Waals surface area contributed by atoms with Gasteiger partial charge in [-0.1, -0.05) is 23.9 Å². The second-order valence-corrected chi connectivity index (χ2v) is 13.1. The summed E-state index contributed by atoms with van der Waals surface area (Å²) in [5.74, 6) is -0.318. The fraction of sp³-hybridized carbons (Fsp3) is 0.281. The SMILES string of the molecule is CCOC(=O)c1ccc(NC(=O)CSc2nnc(CNC(=O)c3ccc(S(=O)(=O)N4CCOCC4)cc3)n2-c2ccccc2OC)cc1. The number of amides is 2. The largest absolute Gasteiger partial charge is 0.495 e. The number of hydrogen-bond acceptors (Lipinski definition) is 11. The van der Waals surface area contributed by atoms with Crippen LogP contribution in [0, 0.1) is 0 Å². The van der Waals surface area contributed by atoms with Crippen molar-refractivity contribution in [2.24, 2.45) is 0 Å². The van der Waals surface area contributed by atoms with Crippen LogP contribution in [0.3, 0.4) is 0 Å². The second-order valence-electron chi connectivity index (χ2n) is 10.3. The van der Waals surface area contributed by atoms with Crippen LogP contribution in [0.25, 0.3) is 5.69 Å². The lowest BCUT2D eigenvalue weighted by molar-refractivity contribution is -0.113. The maximum absolute atomic E-state index is 13.1. The van der Waals surface area contributed by atoms with Crippen LogP contribution >= 0.6 is 11.8 Å². The van der Waals surface area contributed by atoms with E-state index in [0.29, 0.717) is 46.9 Å². The molecule has 0 radical (unpaired) electrons. The number of benzene rings is 3. The average molecular weight is 695 g/mol. The molecule has 48 heavy (non-hydrogen) atoms. The molecule has 1 saturated heterocycles. The van der Waals surface area contributed by atoms with Gasteiger partial charge in [0.2, 0.25) is 15.9 Å². The third-order valence-corrected chi connectivity index (χ3v) is 10.0. The highest BCUT2D eigenvalue weighted by Crippen LogP contribution is 2.29. The summed E-state index contributed by atoms with van der Waals surface area (Å²) in [5.41, 5.74) is 1.75. The van der Waals surface area contributed by atoms with E-state index in [1.54, 1.807) is 47.9 Å². The van der Waals surface area contributed by atoms with Crippen molar-refractivity contribution in [1.29, 1.82) is 0 Å². The summed E-state index contributed by atoms with van der Waals surface area (Å²) in [7, 11) is -2.17. The zero-order valence-corrected chi connectivity index (χ0v) is 27.9. The topological polar surface area (TPSA) is 171 Å². The van der Waals surface area contributed by atoms with Gasteiger partial charge >= 0.3 is 5.97 Å². The molecule has 1 aliphatic heterocycles. The summed E-state index contributed by atoms with van der Waals surface area (Å²) in [5, 5.41) is 14.6. The van der Waals surface area contributed by atoms with Crippen LogP contribution in [0.4, 0.5) is 5.69 Å². The van der Waals surface area contributed by atoms with E-state index < -0.39 is 21.9 Å². The Hall–Kier alpha value is -4.77. The Morgan fingerprint density at radius 1 is 0.938 bits per heavy atom. The predicted octanol–water partition coefficient (Wildman–Crippen LogP) is 3.13. The van der Waals surface area contributed by atoms with Crippen molar-refractivity contribution in [2.45, 2.75) is 23.5 Å². The molecule has 0 spiro atoms. The molecule has 5 rings (SSSR count). The summed E-state index contributed by atoms with van der Waals surface area (Å²) in [6, 6.07) is 19.3. The van der Waals surface area contributed by atoms with Crippen LogP contribution in [0.15, 0.2) is 82.8 Å². The molecular formula is C32H34N6O8S2. The highest BCUT2D eigenvalue weighted by molar-refractivity contribution is 7.99. The monoisotopic (exact) mass is 694 g/mol. The van der Waals surface area contributed by atoms with E-state index in [1.165, 1.54) is 35.7 Å². The quantitative estimate of drug-likeness (QED) is 0.156.